The van der Waals surface area contributed by atoms with Crippen LogP contribution in [0.4, 0.5) is 11.4 Å². The van der Waals surface area contributed by atoms with Crippen LogP contribution in [0.2, 0.25) is 0 Å². The van der Waals surface area contributed by atoms with Crippen molar-refractivity contribution >= 4 is 38.4 Å². The molecule has 0 saturated heterocycles. The highest BCUT2D eigenvalue weighted by Gasteiger charge is 2.24. The molecule has 43 heavy (non-hydrogen) atoms. The quantitative estimate of drug-likeness (QED) is 0.0748. The number of anilines is 2. The van der Waals surface area contributed by atoms with Crippen molar-refractivity contribution in [3.8, 4) is 0 Å². The SMILES string of the molecule is CCOP(=O)(Cc1ccc(NC(=O)CCCCCCCCCCCC(=O)Nc2ccc(CP(=O)(O)O)cc2)cc1)OCC. The lowest BCUT2D eigenvalue weighted by Crippen LogP contribution is -2.11. The fourth-order valence-corrected chi connectivity index (χ4v) is 7.01. The summed E-state index contributed by atoms with van der Waals surface area (Å²) in [4.78, 5) is 42.5. The maximum atomic E-state index is 12.7. The summed E-state index contributed by atoms with van der Waals surface area (Å²) in [6.07, 6.45) is 10.1. The Balaban J connectivity index is 1.47. The molecule has 0 saturated carbocycles. The Hall–Kier alpha value is -2.32. The number of carbonyl (C=O) groups excluding carboxylic acids is 2. The Morgan fingerprint density at radius 3 is 1.30 bits per heavy atom. The molecule has 2 amide bonds. The molecule has 0 aliphatic heterocycles. The second kappa shape index (κ2) is 19.9. The molecule has 0 atom stereocenters. The van der Waals surface area contributed by atoms with Crippen LogP contribution in [-0.2, 0) is 40.1 Å². The van der Waals surface area contributed by atoms with Gasteiger partial charge in [-0.15, -0.1) is 0 Å². The van der Waals surface area contributed by atoms with E-state index in [1.54, 1.807) is 50.2 Å². The average Bonchev–Trinajstić information content (AvgIpc) is 2.93. The monoisotopic (exact) mass is 638 g/mol. The van der Waals surface area contributed by atoms with E-state index in [4.69, 9.17) is 18.8 Å². The van der Waals surface area contributed by atoms with Crippen molar-refractivity contribution < 1.29 is 37.6 Å². The van der Waals surface area contributed by atoms with E-state index in [2.05, 4.69) is 10.6 Å². The van der Waals surface area contributed by atoms with Gasteiger partial charge in [0, 0.05) is 24.2 Å². The van der Waals surface area contributed by atoms with Gasteiger partial charge in [-0.25, -0.2) is 0 Å². The molecule has 0 spiro atoms. The Morgan fingerprint density at radius 2 is 0.953 bits per heavy atom. The van der Waals surface area contributed by atoms with Gasteiger partial charge in [-0.2, -0.15) is 0 Å². The predicted octanol–water partition coefficient (Wildman–Crippen LogP) is 8.00. The molecule has 0 aliphatic rings. The van der Waals surface area contributed by atoms with E-state index in [-0.39, 0.29) is 24.1 Å². The van der Waals surface area contributed by atoms with Crippen LogP contribution in [0.3, 0.4) is 0 Å². The van der Waals surface area contributed by atoms with Gasteiger partial charge in [0.25, 0.3) is 0 Å². The van der Waals surface area contributed by atoms with Crippen LogP contribution in [0.1, 0.15) is 95.6 Å². The standard InChI is InChI=1S/C31H48N2O8P2/c1-3-40-43(39,41-4-2)25-27-18-22-29(23-19-27)33-31(35)15-13-11-9-7-5-6-8-10-12-14-30(34)32-28-20-16-26(17-21-28)24-42(36,37)38/h16-23H,3-15,24-25H2,1-2H3,(H,32,34)(H,33,35)(H2,36,37,38). The molecule has 2 aromatic carbocycles. The molecule has 0 unspecified atom stereocenters. The van der Waals surface area contributed by atoms with E-state index in [1.165, 1.54) is 0 Å². The topological polar surface area (TPSA) is 151 Å². The number of hydrogen-bond donors (Lipinski definition) is 4. The first kappa shape index (κ1) is 36.9. The van der Waals surface area contributed by atoms with Crippen molar-refractivity contribution in [3.63, 3.8) is 0 Å². The highest BCUT2D eigenvalue weighted by Crippen LogP contribution is 2.51. The van der Waals surface area contributed by atoms with Crippen molar-refractivity contribution in [2.75, 3.05) is 23.8 Å². The second-order valence-corrected chi connectivity index (χ2v) is 14.3. The molecule has 0 aliphatic carbocycles. The first-order chi connectivity index (χ1) is 20.5. The third-order valence-electron chi connectivity index (χ3n) is 6.70. The summed E-state index contributed by atoms with van der Waals surface area (Å²) in [6, 6.07) is 13.8. The van der Waals surface area contributed by atoms with Crippen molar-refractivity contribution in [1.82, 2.24) is 0 Å². The summed E-state index contributed by atoms with van der Waals surface area (Å²) in [7, 11) is -7.26. The third-order valence-corrected chi connectivity index (χ3v) is 9.53. The average molecular weight is 639 g/mol. The first-order valence-electron chi connectivity index (χ1n) is 15.2. The fraction of sp³-hybridized carbons (Fsp3) is 0.548. The van der Waals surface area contributed by atoms with Crippen LogP contribution < -0.4 is 10.6 Å². The maximum Gasteiger partial charge on any atom is 0.335 e. The van der Waals surface area contributed by atoms with Crippen molar-refractivity contribution in [2.45, 2.75) is 96.8 Å². The van der Waals surface area contributed by atoms with E-state index in [0.29, 0.717) is 43.0 Å². The molecule has 2 rings (SSSR count). The van der Waals surface area contributed by atoms with E-state index >= 15 is 0 Å². The Bertz CT molecular complexity index is 1190. The lowest BCUT2D eigenvalue weighted by atomic mass is 10.1. The molecule has 0 aromatic heterocycles. The Morgan fingerprint density at radius 1 is 0.605 bits per heavy atom. The van der Waals surface area contributed by atoms with E-state index < -0.39 is 15.2 Å². The lowest BCUT2D eigenvalue weighted by Gasteiger charge is -2.17. The van der Waals surface area contributed by atoms with Gasteiger partial charge < -0.3 is 29.5 Å². The zero-order valence-corrected chi connectivity index (χ0v) is 27.3. The molecule has 0 radical (unpaired) electrons. The number of amides is 2. The Labute approximate surface area is 256 Å². The molecule has 240 valence electrons. The van der Waals surface area contributed by atoms with Crippen LogP contribution in [0.15, 0.2) is 48.5 Å². The lowest BCUT2D eigenvalue weighted by molar-refractivity contribution is -0.117. The summed E-state index contributed by atoms with van der Waals surface area (Å²) in [5.41, 5.74) is 2.69. The van der Waals surface area contributed by atoms with Crippen molar-refractivity contribution in [1.29, 1.82) is 0 Å². The van der Waals surface area contributed by atoms with Crippen molar-refractivity contribution in [2.24, 2.45) is 0 Å². The van der Waals surface area contributed by atoms with E-state index in [9.17, 15) is 18.7 Å². The van der Waals surface area contributed by atoms with E-state index in [0.717, 1.165) is 63.4 Å². The summed E-state index contributed by atoms with van der Waals surface area (Å²) >= 11 is 0. The van der Waals surface area contributed by atoms with Gasteiger partial charge in [0.05, 0.1) is 25.5 Å². The van der Waals surface area contributed by atoms with Gasteiger partial charge in [-0.1, -0.05) is 69.2 Å². The minimum Gasteiger partial charge on any atom is -0.326 e. The fourth-order valence-electron chi connectivity index (χ4n) is 4.63. The zero-order valence-electron chi connectivity index (χ0n) is 25.5. The van der Waals surface area contributed by atoms with Crippen LogP contribution in [-0.4, -0.2) is 34.8 Å². The van der Waals surface area contributed by atoms with Gasteiger partial charge in [0.15, 0.2) is 0 Å². The molecule has 10 nitrogen and oxygen atoms in total. The van der Waals surface area contributed by atoms with Crippen LogP contribution in [0, 0.1) is 0 Å². The van der Waals surface area contributed by atoms with Gasteiger partial charge in [0.2, 0.25) is 11.8 Å². The molecule has 0 heterocycles. The highest BCUT2D eigenvalue weighted by molar-refractivity contribution is 7.53. The highest BCUT2D eigenvalue weighted by atomic mass is 31.2. The number of unbranched alkanes of at least 4 members (excludes halogenated alkanes) is 8. The van der Waals surface area contributed by atoms with Gasteiger partial charge in [-0.3, -0.25) is 18.7 Å². The number of carbonyl (C=O) groups is 2. The molecular weight excluding hydrogens is 590 g/mol. The smallest absolute Gasteiger partial charge is 0.326 e. The number of benzene rings is 2. The Kier molecular flexibility index (Phi) is 17.0. The van der Waals surface area contributed by atoms with E-state index in [1.807, 2.05) is 12.1 Å². The zero-order chi connectivity index (χ0) is 31.6. The molecular formula is C31H48N2O8P2. The summed E-state index contributed by atoms with van der Waals surface area (Å²) < 4.78 is 34.4. The minimum absolute atomic E-state index is 0.0111. The predicted molar refractivity (Wildman–Crippen MR) is 171 cm³/mol. The van der Waals surface area contributed by atoms with Crippen molar-refractivity contribution in [3.05, 3.63) is 59.7 Å². The summed E-state index contributed by atoms with van der Waals surface area (Å²) in [6.45, 7) is 4.21. The number of nitrogens with one attached hydrogen (secondary N) is 2. The van der Waals surface area contributed by atoms with Crippen LogP contribution in [0.25, 0.3) is 0 Å². The van der Waals surface area contributed by atoms with Gasteiger partial charge in [0.1, 0.15) is 0 Å². The number of rotatable bonds is 22. The second-order valence-electron chi connectivity index (χ2n) is 10.6. The van der Waals surface area contributed by atoms with Gasteiger partial charge in [-0.05, 0) is 62.1 Å². The molecule has 0 fully saturated rings. The largest absolute Gasteiger partial charge is 0.335 e. The number of hydrogen-bond acceptors (Lipinski definition) is 6. The molecule has 4 N–H and O–H groups in total. The molecule has 12 heteroatoms. The normalized spacial score (nSPS) is 11.8. The molecule has 0 bridgehead atoms. The van der Waals surface area contributed by atoms with Gasteiger partial charge >= 0.3 is 15.2 Å². The maximum absolute atomic E-state index is 12.7. The van der Waals surface area contributed by atoms with Crippen LogP contribution >= 0.6 is 15.2 Å². The van der Waals surface area contributed by atoms with Crippen LogP contribution in [0.5, 0.6) is 0 Å². The first-order valence-corrected chi connectivity index (χ1v) is 18.7. The summed E-state index contributed by atoms with van der Waals surface area (Å²) in [5, 5.41) is 5.74. The third kappa shape index (κ3) is 16.9. The molecule has 2 aromatic rings. The minimum atomic E-state index is -4.10. The summed E-state index contributed by atoms with van der Waals surface area (Å²) in [5.74, 6) is -0.0710.